The second-order valence-electron chi connectivity index (χ2n) is 3.95. The number of rotatable bonds is 6. The minimum Gasteiger partial charge on any atom is -0.375 e. The van der Waals surface area contributed by atoms with Crippen LogP contribution in [0, 0.1) is 0 Å². The van der Waals surface area contributed by atoms with Crippen LogP contribution in [-0.4, -0.2) is 19.6 Å². The fraction of sp³-hybridized carbons (Fsp3) is 0.500. The maximum Gasteiger partial charge on any atom is 0.416 e. The van der Waals surface area contributed by atoms with E-state index in [1.54, 1.807) is 0 Å². The molecule has 1 atom stereocenters. The average Bonchev–Trinajstić information content (AvgIpc) is 2.33. The maximum absolute atomic E-state index is 12.7. The molecule has 7 heteroatoms. The Morgan fingerprint density at radius 2 is 1.79 bits per heavy atom. The second kappa shape index (κ2) is 6.81. The third-order valence-corrected chi connectivity index (χ3v) is 2.48. The van der Waals surface area contributed by atoms with Crippen LogP contribution in [0.25, 0.3) is 0 Å². The molecule has 0 aromatic heterocycles. The molecule has 0 aliphatic heterocycles. The van der Waals surface area contributed by atoms with Crippen molar-refractivity contribution in [3.05, 3.63) is 35.4 Å². The first kappa shape index (κ1) is 15.8. The molecule has 1 rings (SSSR count). The molecule has 0 fully saturated rings. The largest absolute Gasteiger partial charge is 0.416 e. The van der Waals surface area contributed by atoms with E-state index in [2.05, 4.69) is 4.74 Å². The van der Waals surface area contributed by atoms with Gasteiger partial charge in [0.2, 0.25) is 0 Å². The molecule has 0 heterocycles. The quantitative estimate of drug-likeness (QED) is 0.641. The van der Waals surface area contributed by atoms with Gasteiger partial charge in [0.15, 0.2) is 0 Å². The van der Waals surface area contributed by atoms with E-state index < -0.39 is 30.8 Å². The van der Waals surface area contributed by atoms with Gasteiger partial charge in [0, 0.05) is 12.6 Å². The molecular weight excluding hydrogens is 269 g/mol. The monoisotopic (exact) mass is 283 g/mol. The van der Waals surface area contributed by atoms with Crippen LogP contribution >= 0.6 is 0 Å². The molecule has 0 saturated heterocycles. The topological polar surface area (TPSA) is 35.2 Å². The molecule has 2 nitrogen and oxygen atoms in total. The van der Waals surface area contributed by atoms with Crippen molar-refractivity contribution in [2.24, 2.45) is 5.73 Å². The van der Waals surface area contributed by atoms with Crippen molar-refractivity contribution in [1.29, 1.82) is 0 Å². The molecule has 1 aromatic carbocycles. The lowest BCUT2D eigenvalue weighted by molar-refractivity contribution is -0.138. The summed E-state index contributed by atoms with van der Waals surface area (Å²) in [6.45, 7) is -0.856. The molecule has 0 bridgehead atoms. The van der Waals surface area contributed by atoms with E-state index in [-0.39, 0.29) is 18.6 Å². The van der Waals surface area contributed by atoms with Crippen molar-refractivity contribution in [3.63, 3.8) is 0 Å². The van der Waals surface area contributed by atoms with Crippen LogP contribution in [0.2, 0.25) is 0 Å². The summed E-state index contributed by atoms with van der Waals surface area (Å²) >= 11 is 0. The summed E-state index contributed by atoms with van der Waals surface area (Å²) in [5.41, 5.74) is 4.77. The number of halogens is 5. The van der Waals surface area contributed by atoms with Gasteiger partial charge in [-0.1, -0.05) is 18.2 Å². The van der Waals surface area contributed by atoms with Crippen molar-refractivity contribution < 1.29 is 26.7 Å². The Morgan fingerprint density at radius 1 is 1.16 bits per heavy atom. The van der Waals surface area contributed by atoms with Crippen molar-refractivity contribution >= 4 is 0 Å². The number of hydrogen-bond acceptors (Lipinski definition) is 2. The Morgan fingerprint density at radius 3 is 2.37 bits per heavy atom. The van der Waals surface area contributed by atoms with Gasteiger partial charge in [-0.05, 0) is 18.1 Å². The predicted octanol–water partition coefficient (Wildman–Crippen LogP) is 3.38. The fourth-order valence-electron chi connectivity index (χ4n) is 1.62. The first-order chi connectivity index (χ1) is 8.82. The van der Waals surface area contributed by atoms with Gasteiger partial charge in [-0.3, -0.25) is 0 Å². The van der Waals surface area contributed by atoms with E-state index in [1.165, 1.54) is 18.2 Å². The zero-order valence-electron chi connectivity index (χ0n) is 9.96. The highest BCUT2D eigenvalue weighted by molar-refractivity contribution is 5.32. The van der Waals surface area contributed by atoms with Crippen LogP contribution in [0.1, 0.15) is 23.6 Å². The summed E-state index contributed by atoms with van der Waals surface area (Å²) in [7, 11) is 0. The fourth-order valence-corrected chi connectivity index (χ4v) is 1.62. The average molecular weight is 283 g/mol. The lowest BCUT2D eigenvalue weighted by Gasteiger charge is -2.18. The van der Waals surface area contributed by atoms with Crippen LogP contribution in [0.3, 0.4) is 0 Å². The third kappa shape index (κ3) is 5.12. The van der Waals surface area contributed by atoms with Gasteiger partial charge in [-0.25, -0.2) is 8.78 Å². The first-order valence-corrected chi connectivity index (χ1v) is 5.60. The highest BCUT2D eigenvalue weighted by Crippen LogP contribution is 2.34. The van der Waals surface area contributed by atoms with Gasteiger partial charge in [0.05, 0.1) is 5.56 Å². The number of alkyl halides is 5. The summed E-state index contributed by atoms with van der Waals surface area (Å²) in [5, 5.41) is 0. The van der Waals surface area contributed by atoms with E-state index in [0.29, 0.717) is 0 Å². The van der Waals surface area contributed by atoms with Crippen LogP contribution in [0.15, 0.2) is 24.3 Å². The molecule has 1 aromatic rings. The standard InChI is InChI=1S/C12H14F5NO/c13-11(14)7-19-6-5-10(18)8-3-1-2-4-9(8)12(15,16)17/h1-4,10-11H,5-7,18H2. The van der Waals surface area contributed by atoms with Crippen LogP contribution < -0.4 is 5.73 Å². The van der Waals surface area contributed by atoms with E-state index in [4.69, 9.17) is 5.73 Å². The van der Waals surface area contributed by atoms with Crippen molar-refractivity contribution in [2.45, 2.75) is 25.1 Å². The van der Waals surface area contributed by atoms with Crippen LogP contribution in [-0.2, 0) is 10.9 Å². The maximum atomic E-state index is 12.7. The summed E-state index contributed by atoms with van der Waals surface area (Å²) in [4.78, 5) is 0. The van der Waals surface area contributed by atoms with Crippen molar-refractivity contribution in [2.75, 3.05) is 13.2 Å². The molecule has 2 N–H and O–H groups in total. The Hall–Kier alpha value is -1.21. The van der Waals surface area contributed by atoms with Gasteiger partial charge in [-0.15, -0.1) is 0 Å². The van der Waals surface area contributed by atoms with E-state index in [1.807, 2.05) is 0 Å². The Kier molecular flexibility index (Phi) is 5.68. The minimum atomic E-state index is -4.49. The predicted molar refractivity (Wildman–Crippen MR) is 59.8 cm³/mol. The summed E-state index contributed by atoms with van der Waals surface area (Å²) in [5.74, 6) is 0. The zero-order valence-corrected chi connectivity index (χ0v) is 9.96. The lowest BCUT2D eigenvalue weighted by Crippen LogP contribution is -2.19. The summed E-state index contributed by atoms with van der Waals surface area (Å²) < 4.78 is 66.3. The van der Waals surface area contributed by atoms with Crippen molar-refractivity contribution in [1.82, 2.24) is 0 Å². The van der Waals surface area contributed by atoms with Gasteiger partial charge >= 0.3 is 6.18 Å². The normalized spacial score (nSPS) is 13.8. The summed E-state index contributed by atoms with van der Waals surface area (Å²) in [6.07, 6.45) is -7.05. The molecular formula is C12H14F5NO. The molecule has 108 valence electrons. The van der Waals surface area contributed by atoms with E-state index in [0.717, 1.165) is 6.07 Å². The molecule has 0 saturated carbocycles. The highest BCUT2D eigenvalue weighted by atomic mass is 19.4. The Bertz CT molecular complexity index is 394. The molecule has 0 spiro atoms. The Labute approximate surface area is 107 Å². The van der Waals surface area contributed by atoms with Gasteiger partial charge in [0.1, 0.15) is 6.61 Å². The van der Waals surface area contributed by atoms with Crippen LogP contribution in [0.4, 0.5) is 22.0 Å². The lowest BCUT2D eigenvalue weighted by atomic mass is 9.98. The van der Waals surface area contributed by atoms with Gasteiger partial charge in [0.25, 0.3) is 6.43 Å². The SMILES string of the molecule is NC(CCOCC(F)F)c1ccccc1C(F)(F)F. The minimum absolute atomic E-state index is 0.0415. The first-order valence-electron chi connectivity index (χ1n) is 5.60. The molecule has 1 unspecified atom stereocenters. The zero-order chi connectivity index (χ0) is 14.5. The van der Waals surface area contributed by atoms with E-state index >= 15 is 0 Å². The van der Waals surface area contributed by atoms with Crippen molar-refractivity contribution in [3.8, 4) is 0 Å². The number of nitrogens with two attached hydrogens (primary N) is 1. The number of hydrogen-bond donors (Lipinski definition) is 1. The highest BCUT2D eigenvalue weighted by Gasteiger charge is 2.34. The molecule has 0 aliphatic rings. The van der Waals surface area contributed by atoms with E-state index in [9.17, 15) is 22.0 Å². The second-order valence-corrected chi connectivity index (χ2v) is 3.95. The van der Waals surface area contributed by atoms with Crippen LogP contribution in [0.5, 0.6) is 0 Å². The Balaban J connectivity index is 2.64. The summed E-state index contributed by atoms with van der Waals surface area (Å²) in [6, 6.07) is 4.03. The number of ether oxygens (including phenoxy) is 1. The van der Waals surface area contributed by atoms with Gasteiger partial charge < -0.3 is 10.5 Å². The molecule has 19 heavy (non-hydrogen) atoms. The molecule has 0 aliphatic carbocycles. The smallest absolute Gasteiger partial charge is 0.375 e. The number of benzene rings is 1. The third-order valence-electron chi connectivity index (χ3n) is 2.48. The molecule has 0 amide bonds. The van der Waals surface area contributed by atoms with Gasteiger partial charge in [-0.2, -0.15) is 13.2 Å². The molecule has 0 radical (unpaired) electrons.